The molecule has 2 N–H and O–H groups in total. The van der Waals surface area contributed by atoms with E-state index in [1.54, 1.807) is 14.0 Å². The van der Waals surface area contributed by atoms with Crippen LogP contribution in [-0.4, -0.2) is 39.5 Å². The molecule has 1 aliphatic heterocycles. The second-order valence-corrected chi connectivity index (χ2v) is 7.49. The van der Waals surface area contributed by atoms with Gasteiger partial charge in [0.2, 0.25) is 10.0 Å². The number of benzene rings is 1. The maximum atomic E-state index is 13.4. The molecule has 0 saturated carbocycles. The standard InChI is InChI=1S/C14H21FN2O3S/c1-10-7-12(15)13(16)8-14(10)21(18,19)17(2)9-11-3-5-20-6-4-11/h7-8,11H,3-6,9,16H2,1-2H3. The first-order valence-electron chi connectivity index (χ1n) is 6.92. The number of anilines is 1. The fourth-order valence-corrected chi connectivity index (χ4v) is 3.99. The van der Waals surface area contributed by atoms with Crippen LogP contribution in [0.25, 0.3) is 0 Å². The van der Waals surface area contributed by atoms with E-state index in [2.05, 4.69) is 0 Å². The molecule has 1 aliphatic rings. The Morgan fingerprint density at radius 3 is 2.62 bits per heavy atom. The molecule has 21 heavy (non-hydrogen) atoms. The van der Waals surface area contributed by atoms with Crippen LogP contribution in [0.15, 0.2) is 17.0 Å². The quantitative estimate of drug-likeness (QED) is 0.859. The van der Waals surface area contributed by atoms with Gasteiger partial charge in [0.15, 0.2) is 0 Å². The molecule has 118 valence electrons. The molecule has 5 nitrogen and oxygen atoms in total. The fourth-order valence-electron chi connectivity index (χ4n) is 2.51. The minimum atomic E-state index is -3.66. The minimum absolute atomic E-state index is 0.0657. The summed E-state index contributed by atoms with van der Waals surface area (Å²) in [6.07, 6.45) is 1.70. The number of hydrogen-bond acceptors (Lipinski definition) is 4. The molecule has 7 heteroatoms. The van der Waals surface area contributed by atoms with Crippen molar-refractivity contribution < 1.29 is 17.5 Å². The van der Waals surface area contributed by atoms with Gasteiger partial charge < -0.3 is 10.5 Å². The van der Waals surface area contributed by atoms with E-state index >= 15 is 0 Å². The summed E-state index contributed by atoms with van der Waals surface area (Å²) in [6, 6.07) is 2.35. The molecule has 1 aromatic carbocycles. The van der Waals surface area contributed by atoms with Gasteiger partial charge in [0.05, 0.1) is 10.6 Å². The maximum Gasteiger partial charge on any atom is 0.243 e. The maximum absolute atomic E-state index is 13.4. The molecule has 0 spiro atoms. The third-order valence-corrected chi connectivity index (χ3v) is 5.80. The highest BCUT2D eigenvalue weighted by molar-refractivity contribution is 7.89. The van der Waals surface area contributed by atoms with E-state index in [-0.39, 0.29) is 16.5 Å². The van der Waals surface area contributed by atoms with Gasteiger partial charge in [-0.2, -0.15) is 0 Å². The van der Waals surface area contributed by atoms with Gasteiger partial charge >= 0.3 is 0 Å². The van der Waals surface area contributed by atoms with E-state index < -0.39 is 15.8 Å². The van der Waals surface area contributed by atoms with Crippen molar-refractivity contribution in [2.75, 3.05) is 32.5 Å². The lowest BCUT2D eigenvalue weighted by atomic mass is 10.0. The van der Waals surface area contributed by atoms with Crippen LogP contribution >= 0.6 is 0 Å². The lowest BCUT2D eigenvalue weighted by molar-refractivity contribution is 0.0620. The molecule has 0 radical (unpaired) electrons. The van der Waals surface area contributed by atoms with Crippen LogP contribution in [0.1, 0.15) is 18.4 Å². The highest BCUT2D eigenvalue weighted by atomic mass is 32.2. The number of hydrogen-bond donors (Lipinski definition) is 1. The second kappa shape index (κ2) is 6.29. The number of ether oxygens (including phenoxy) is 1. The highest BCUT2D eigenvalue weighted by Crippen LogP contribution is 2.25. The van der Waals surface area contributed by atoms with Crippen molar-refractivity contribution in [2.24, 2.45) is 5.92 Å². The summed E-state index contributed by atoms with van der Waals surface area (Å²) in [4.78, 5) is 0.0657. The monoisotopic (exact) mass is 316 g/mol. The van der Waals surface area contributed by atoms with E-state index in [0.29, 0.717) is 25.3 Å². The summed E-state index contributed by atoms with van der Waals surface area (Å²) in [5, 5.41) is 0. The molecule has 0 aliphatic carbocycles. The second-order valence-electron chi connectivity index (χ2n) is 5.48. The van der Waals surface area contributed by atoms with Crippen LogP contribution in [0.3, 0.4) is 0 Å². The normalized spacial score (nSPS) is 17.3. The van der Waals surface area contributed by atoms with Crippen molar-refractivity contribution >= 4 is 15.7 Å². The lowest BCUT2D eigenvalue weighted by Crippen LogP contribution is -2.34. The smallest absolute Gasteiger partial charge is 0.243 e. The predicted molar refractivity (Wildman–Crippen MR) is 78.9 cm³/mol. The van der Waals surface area contributed by atoms with Gasteiger partial charge in [0.1, 0.15) is 5.82 Å². The summed E-state index contributed by atoms with van der Waals surface area (Å²) in [5.74, 6) is -0.310. The lowest BCUT2D eigenvalue weighted by Gasteiger charge is -2.27. The van der Waals surface area contributed by atoms with Crippen LogP contribution in [-0.2, 0) is 14.8 Å². The largest absolute Gasteiger partial charge is 0.396 e. The Balaban J connectivity index is 2.22. The SMILES string of the molecule is Cc1cc(F)c(N)cc1S(=O)(=O)N(C)CC1CCOCC1. The van der Waals surface area contributed by atoms with E-state index in [1.807, 2.05) is 0 Å². The molecule has 1 heterocycles. The van der Waals surface area contributed by atoms with Crippen LogP contribution in [0.4, 0.5) is 10.1 Å². The summed E-state index contributed by atoms with van der Waals surface area (Å²) >= 11 is 0. The van der Waals surface area contributed by atoms with E-state index in [1.165, 1.54) is 10.4 Å². The Morgan fingerprint density at radius 1 is 1.38 bits per heavy atom. The van der Waals surface area contributed by atoms with Gasteiger partial charge in [-0.25, -0.2) is 17.1 Å². The Kier molecular flexibility index (Phi) is 4.85. The van der Waals surface area contributed by atoms with E-state index in [0.717, 1.165) is 18.9 Å². The third kappa shape index (κ3) is 3.53. The highest BCUT2D eigenvalue weighted by Gasteiger charge is 2.27. The molecule has 1 saturated heterocycles. The Labute approximate surface area is 124 Å². The minimum Gasteiger partial charge on any atom is -0.396 e. The Hall–Kier alpha value is -1.18. The average molecular weight is 316 g/mol. The van der Waals surface area contributed by atoms with Crippen molar-refractivity contribution in [3.63, 3.8) is 0 Å². The van der Waals surface area contributed by atoms with Crippen molar-refractivity contribution in [2.45, 2.75) is 24.7 Å². The zero-order chi connectivity index (χ0) is 15.6. The van der Waals surface area contributed by atoms with Crippen molar-refractivity contribution in [3.8, 4) is 0 Å². The zero-order valence-electron chi connectivity index (χ0n) is 12.3. The number of sulfonamides is 1. The molecule has 1 fully saturated rings. The van der Waals surface area contributed by atoms with Crippen LogP contribution in [0, 0.1) is 18.7 Å². The van der Waals surface area contributed by atoms with Gasteiger partial charge in [-0.1, -0.05) is 0 Å². The molecule has 1 aromatic rings. The van der Waals surface area contributed by atoms with Crippen LogP contribution in [0.2, 0.25) is 0 Å². The average Bonchev–Trinajstić information content (AvgIpc) is 2.43. The number of nitrogens with two attached hydrogens (primary N) is 1. The van der Waals surface area contributed by atoms with Gasteiger partial charge in [-0.05, 0) is 43.4 Å². The van der Waals surface area contributed by atoms with Gasteiger partial charge in [-0.3, -0.25) is 0 Å². The number of aryl methyl sites for hydroxylation is 1. The first-order valence-corrected chi connectivity index (χ1v) is 8.36. The van der Waals surface area contributed by atoms with Gasteiger partial charge in [0, 0.05) is 26.8 Å². The predicted octanol–water partition coefficient (Wildman–Crippen LogP) is 1.76. The van der Waals surface area contributed by atoms with Gasteiger partial charge in [-0.15, -0.1) is 0 Å². The summed E-state index contributed by atoms with van der Waals surface area (Å²) < 4.78 is 45.2. The number of nitrogens with zero attached hydrogens (tertiary/aromatic N) is 1. The molecular weight excluding hydrogens is 295 g/mol. The summed E-state index contributed by atoms with van der Waals surface area (Å²) in [5.41, 5.74) is 5.70. The zero-order valence-corrected chi connectivity index (χ0v) is 13.1. The number of nitrogen functional groups attached to an aromatic ring is 1. The van der Waals surface area contributed by atoms with E-state index in [9.17, 15) is 12.8 Å². The van der Waals surface area contributed by atoms with Crippen LogP contribution < -0.4 is 5.73 Å². The molecule has 0 unspecified atom stereocenters. The molecule has 0 atom stereocenters. The molecular formula is C14H21FN2O3S. The van der Waals surface area contributed by atoms with Crippen molar-refractivity contribution in [1.82, 2.24) is 4.31 Å². The first kappa shape index (κ1) is 16.2. The topological polar surface area (TPSA) is 72.6 Å². The van der Waals surface area contributed by atoms with Crippen molar-refractivity contribution in [3.05, 3.63) is 23.5 Å². The molecule has 0 bridgehead atoms. The Morgan fingerprint density at radius 2 is 2.00 bits per heavy atom. The fraction of sp³-hybridized carbons (Fsp3) is 0.571. The first-order chi connectivity index (χ1) is 9.82. The molecule has 0 amide bonds. The van der Waals surface area contributed by atoms with Gasteiger partial charge in [0.25, 0.3) is 0 Å². The third-order valence-electron chi connectivity index (χ3n) is 3.84. The van der Waals surface area contributed by atoms with E-state index in [4.69, 9.17) is 10.5 Å². The number of halogens is 1. The Bertz CT molecular complexity index is 613. The summed E-state index contributed by atoms with van der Waals surface area (Å²) in [7, 11) is -2.12. The molecule has 2 rings (SSSR count). The molecule has 0 aromatic heterocycles. The summed E-state index contributed by atoms with van der Waals surface area (Å²) in [6.45, 7) is 3.34. The van der Waals surface area contributed by atoms with Crippen molar-refractivity contribution in [1.29, 1.82) is 0 Å². The van der Waals surface area contributed by atoms with Crippen LogP contribution in [0.5, 0.6) is 0 Å². The number of rotatable bonds is 4.